The van der Waals surface area contributed by atoms with E-state index in [0.717, 1.165) is 24.2 Å². The topological polar surface area (TPSA) is 0 Å². The molecule has 1 atom stereocenters. The van der Waals surface area contributed by atoms with Gasteiger partial charge in [0.2, 0.25) is 0 Å². The van der Waals surface area contributed by atoms with Gasteiger partial charge in [0.15, 0.2) is 0 Å². The van der Waals surface area contributed by atoms with E-state index in [9.17, 15) is 13.2 Å². The summed E-state index contributed by atoms with van der Waals surface area (Å²) in [7, 11) is 0. The molecule has 0 aliphatic carbocycles. The van der Waals surface area contributed by atoms with Gasteiger partial charge in [-0.3, -0.25) is 0 Å². The van der Waals surface area contributed by atoms with Crippen LogP contribution in [0.15, 0.2) is 35.2 Å². The van der Waals surface area contributed by atoms with Gasteiger partial charge in [-0.05, 0) is 18.6 Å². The molecule has 0 aliphatic rings. The first kappa shape index (κ1) is 19.4. The second kappa shape index (κ2) is 11.0. The summed E-state index contributed by atoms with van der Waals surface area (Å²) in [6.45, 7) is 2.18. The Morgan fingerprint density at radius 3 is 2.09 bits per heavy atom. The molecule has 0 nitrogen and oxygen atoms in total. The fourth-order valence-corrected chi connectivity index (χ4v) is 3.74. The van der Waals surface area contributed by atoms with Gasteiger partial charge in [0.25, 0.3) is 0 Å². The molecule has 0 spiro atoms. The summed E-state index contributed by atoms with van der Waals surface area (Å²) in [5.74, 6) is 0. The van der Waals surface area contributed by atoms with Gasteiger partial charge in [-0.15, -0.1) is 11.8 Å². The summed E-state index contributed by atoms with van der Waals surface area (Å²) in [6.07, 6.45) is 3.92. The van der Waals surface area contributed by atoms with Crippen LogP contribution in [0, 0.1) is 0 Å². The van der Waals surface area contributed by atoms with Crippen molar-refractivity contribution in [1.29, 1.82) is 0 Å². The van der Waals surface area contributed by atoms with E-state index in [1.54, 1.807) is 0 Å². The maximum atomic E-state index is 12.7. The van der Waals surface area contributed by atoms with Crippen LogP contribution in [0.25, 0.3) is 0 Å². The minimum Gasteiger partial charge on any atom is -0.171 e. The summed E-state index contributed by atoms with van der Waals surface area (Å²) >= 11 is 1.37. The highest BCUT2D eigenvalue weighted by Gasteiger charge is 2.32. The summed E-state index contributed by atoms with van der Waals surface area (Å²) in [5.41, 5.74) is 0. The average molecular weight is 332 g/mol. The third-order valence-corrected chi connectivity index (χ3v) is 4.91. The van der Waals surface area contributed by atoms with Gasteiger partial charge in [0, 0.05) is 10.1 Å². The number of rotatable bonds is 11. The van der Waals surface area contributed by atoms with Crippen LogP contribution in [-0.2, 0) is 0 Å². The Balaban J connectivity index is 2.32. The Bertz CT molecular complexity index is 376. The molecular formula is C18H27F3S. The van der Waals surface area contributed by atoms with Crippen LogP contribution < -0.4 is 0 Å². The van der Waals surface area contributed by atoms with Crippen LogP contribution in [0.3, 0.4) is 0 Å². The van der Waals surface area contributed by atoms with Gasteiger partial charge in [0.1, 0.15) is 0 Å². The standard InChI is InChI=1S/C18H27F3S/c1-2-3-4-5-6-7-9-14-17(15-18(19,20)21)22-16-12-10-8-11-13-16/h8,10-13,17H,2-7,9,14-15H2,1H3. The first-order valence-electron chi connectivity index (χ1n) is 8.29. The number of halogens is 3. The molecule has 1 aromatic rings. The fraction of sp³-hybridized carbons (Fsp3) is 0.667. The highest BCUT2D eigenvalue weighted by atomic mass is 32.2. The molecule has 0 radical (unpaired) electrons. The van der Waals surface area contributed by atoms with E-state index < -0.39 is 12.6 Å². The van der Waals surface area contributed by atoms with Crippen LogP contribution in [0.2, 0.25) is 0 Å². The normalized spacial score (nSPS) is 13.3. The van der Waals surface area contributed by atoms with Crippen LogP contribution >= 0.6 is 11.8 Å². The van der Waals surface area contributed by atoms with Crippen molar-refractivity contribution in [3.05, 3.63) is 30.3 Å². The zero-order valence-electron chi connectivity index (χ0n) is 13.4. The Hall–Kier alpha value is -0.640. The number of benzene rings is 1. The third-order valence-electron chi connectivity index (χ3n) is 3.63. The summed E-state index contributed by atoms with van der Waals surface area (Å²) < 4.78 is 38.1. The zero-order chi connectivity index (χ0) is 16.3. The summed E-state index contributed by atoms with van der Waals surface area (Å²) in [5, 5.41) is -0.363. The van der Waals surface area contributed by atoms with Crippen molar-refractivity contribution in [2.75, 3.05) is 0 Å². The van der Waals surface area contributed by atoms with Crippen LogP contribution in [-0.4, -0.2) is 11.4 Å². The van der Waals surface area contributed by atoms with Crippen molar-refractivity contribution in [2.24, 2.45) is 0 Å². The molecule has 0 aromatic heterocycles. The molecule has 0 N–H and O–H groups in total. The van der Waals surface area contributed by atoms with Crippen molar-refractivity contribution < 1.29 is 13.2 Å². The van der Waals surface area contributed by atoms with Crippen molar-refractivity contribution in [1.82, 2.24) is 0 Å². The van der Waals surface area contributed by atoms with Gasteiger partial charge in [-0.2, -0.15) is 13.2 Å². The van der Waals surface area contributed by atoms with E-state index in [4.69, 9.17) is 0 Å². The van der Waals surface area contributed by atoms with E-state index in [1.807, 2.05) is 30.3 Å². The quantitative estimate of drug-likeness (QED) is 0.304. The van der Waals surface area contributed by atoms with E-state index in [0.29, 0.717) is 6.42 Å². The molecule has 1 unspecified atom stereocenters. The van der Waals surface area contributed by atoms with Gasteiger partial charge in [0.05, 0.1) is 6.42 Å². The SMILES string of the molecule is CCCCCCCCCC(CC(F)(F)F)Sc1ccccc1. The van der Waals surface area contributed by atoms with Crippen molar-refractivity contribution in [2.45, 2.75) is 81.0 Å². The molecule has 0 heterocycles. The number of unbranched alkanes of at least 4 members (excludes halogenated alkanes) is 6. The second-order valence-corrected chi connectivity index (χ2v) is 7.16. The molecule has 0 amide bonds. The number of thioether (sulfide) groups is 1. The Morgan fingerprint density at radius 2 is 1.50 bits per heavy atom. The minimum absolute atomic E-state index is 0.363. The third kappa shape index (κ3) is 10.1. The molecule has 4 heteroatoms. The molecule has 0 saturated heterocycles. The molecule has 0 bridgehead atoms. The predicted octanol–water partition coefficient (Wildman–Crippen LogP) is 7.24. The fourth-order valence-electron chi connectivity index (χ4n) is 2.48. The largest absolute Gasteiger partial charge is 0.390 e. The van der Waals surface area contributed by atoms with Crippen LogP contribution in [0.5, 0.6) is 0 Å². The zero-order valence-corrected chi connectivity index (χ0v) is 14.2. The second-order valence-electron chi connectivity index (χ2n) is 5.78. The van der Waals surface area contributed by atoms with E-state index in [-0.39, 0.29) is 5.25 Å². The lowest BCUT2D eigenvalue weighted by molar-refractivity contribution is -0.134. The van der Waals surface area contributed by atoms with Crippen molar-refractivity contribution in [3.63, 3.8) is 0 Å². The summed E-state index contributed by atoms with van der Waals surface area (Å²) in [6, 6.07) is 9.41. The van der Waals surface area contributed by atoms with Crippen molar-refractivity contribution >= 4 is 11.8 Å². The molecule has 0 aliphatic heterocycles. The first-order valence-corrected chi connectivity index (χ1v) is 9.17. The maximum Gasteiger partial charge on any atom is 0.390 e. The predicted molar refractivity (Wildman–Crippen MR) is 89.4 cm³/mol. The highest BCUT2D eigenvalue weighted by Crippen LogP contribution is 2.35. The van der Waals surface area contributed by atoms with Gasteiger partial charge in [-0.25, -0.2) is 0 Å². The summed E-state index contributed by atoms with van der Waals surface area (Å²) in [4.78, 5) is 0.930. The maximum absolute atomic E-state index is 12.7. The van der Waals surface area contributed by atoms with E-state index in [2.05, 4.69) is 6.92 Å². The van der Waals surface area contributed by atoms with Gasteiger partial charge >= 0.3 is 6.18 Å². The number of hydrogen-bond donors (Lipinski definition) is 0. The molecule has 22 heavy (non-hydrogen) atoms. The minimum atomic E-state index is -4.08. The smallest absolute Gasteiger partial charge is 0.171 e. The Labute approximate surface area is 136 Å². The number of hydrogen-bond acceptors (Lipinski definition) is 1. The highest BCUT2D eigenvalue weighted by molar-refractivity contribution is 8.00. The van der Waals surface area contributed by atoms with Crippen LogP contribution in [0.1, 0.15) is 64.7 Å². The number of alkyl halides is 3. The molecule has 1 aromatic carbocycles. The molecule has 1 rings (SSSR count). The lowest BCUT2D eigenvalue weighted by Gasteiger charge is -2.18. The lowest BCUT2D eigenvalue weighted by atomic mass is 10.1. The van der Waals surface area contributed by atoms with E-state index >= 15 is 0 Å². The molecular weight excluding hydrogens is 305 g/mol. The Morgan fingerprint density at radius 1 is 0.909 bits per heavy atom. The van der Waals surface area contributed by atoms with Gasteiger partial charge in [-0.1, -0.05) is 70.1 Å². The lowest BCUT2D eigenvalue weighted by Crippen LogP contribution is -2.17. The van der Waals surface area contributed by atoms with Crippen LogP contribution in [0.4, 0.5) is 13.2 Å². The van der Waals surface area contributed by atoms with E-state index in [1.165, 1.54) is 37.4 Å². The molecule has 0 saturated carbocycles. The van der Waals surface area contributed by atoms with Gasteiger partial charge < -0.3 is 0 Å². The molecule has 126 valence electrons. The first-order chi connectivity index (χ1) is 10.5. The monoisotopic (exact) mass is 332 g/mol. The average Bonchev–Trinajstić information content (AvgIpc) is 2.45. The Kier molecular flexibility index (Phi) is 9.69. The molecule has 0 fully saturated rings. The van der Waals surface area contributed by atoms with Crippen molar-refractivity contribution in [3.8, 4) is 0 Å².